The number of halogens is 1. The molecule has 0 amide bonds. The van der Waals surface area contributed by atoms with E-state index in [-0.39, 0.29) is 5.82 Å². The zero-order valence-corrected chi connectivity index (χ0v) is 16.6. The molecular weight excluding hydrogens is 369 g/mol. The molecule has 29 heavy (non-hydrogen) atoms. The van der Waals surface area contributed by atoms with Gasteiger partial charge in [0, 0.05) is 37.2 Å². The van der Waals surface area contributed by atoms with Crippen LogP contribution in [-0.2, 0) is 13.0 Å². The standard InChI is InChI=1S/C23H26FN3O2/c1-28-21-3-2-4-22(14-21)29-12-10-20-13-23(26-25-20)18-9-11-27(16-18)15-17-5-7-19(24)8-6-17/h2-8,13-14,18H,9-12,15-16H2,1H3,(H,25,26). The molecule has 2 heterocycles. The van der Waals surface area contributed by atoms with Crippen molar-refractivity contribution in [2.75, 3.05) is 26.8 Å². The quantitative estimate of drug-likeness (QED) is 0.622. The molecule has 152 valence electrons. The van der Waals surface area contributed by atoms with Crippen molar-refractivity contribution >= 4 is 0 Å². The monoisotopic (exact) mass is 395 g/mol. The molecule has 1 unspecified atom stereocenters. The highest BCUT2D eigenvalue weighted by molar-refractivity contribution is 5.32. The van der Waals surface area contributed by atoms with Crippen molar-refractivity contribution in [3.8, 4) is 11.5 Å². The van der Waals surface area contributed by atoms with Crippen LogP contribution in [0.25, 0.3) is 0 Å². The Kier molecular flexibility index (Phi) is 6.10. The van der Waals surface area contributed by atoms with E-state index in [1.807, 2.05) is 36.4 Å². The number of hydrogen-bond donors (Lipinski definition) is 1. The van der Waals surface area contributed by atoms with Crippen molar-refractivity contribution in [1.82, 2.24) is 15.1 Å². The highest BCUT2D eigenvalue weighted by atomic mass is 19.1. The number of benzene rings is 2. The fourth-order valence-electron chi connectivity index (χ4n) is 3.75. The molecule has 1 saturated heterocycles. The van der Waals surface area contributed by atoms with Crippen LogP contribution >= 0.6 is 0 Å². The first-order valence-corrected chi connectivity index (χ1v) is 9.97. The summed E-state index contributed by atoms with van der Waals surface area (Å²) in [6.45, 7) is 3.43. The predicted octanol–water partition coefficient (Wildman–Crippen LogP) is 4.17. The zero-order valence-electron chi connectivity index (χ0n) is 16.6. The van der Waals surface area contributed by atoms with E-state index in [0.29, 0.717) is 12.5 Å². The summed E-state index contributed by atoms with van der Waals surface area (Å²) in [6, 6.07) is 16.5. The summed E-state index contributed by atoms with van der Waals surface area (Å²) >= 11 is 0. The molecule has 0 spiro atoms. The maximum atomic E-state index is 13.1. The number of aromatic amines is 1. The van der Waals surface area contributed by atoms with Gasteiger partial charge in [0.2, 0.25) is 0 Å². The van der Waals surface area contributed by atoms with Crippen LogP contribution in [-0.4, -0.2) is 41.9 Å². The fourth-order valence-corrected chi connectivity index (χ4v) is 3.75. The van der Waals surface area contributed by atoms with Crippen LogP contribution in [0.4, 0.5) is 4.39 Å². The number of nitrogens with zero attached hydrogens (tertiary/aromatic N) is 2. The Hall–Kier alpha value is -2.86. The minimum absolute atomic E-state index is 0.188. The van der Waals surface area contributed by atoms with Gasteiger partial charge in [0.15, 0.2) is 0 Å². The van der Waals surface area contributed by atoms with Crippen molar-refractivity contribution in [2.24, 2.45) is 0 Å². The summed E-state index contributed by atoms with van der Waals surface area (Å²) in [5.41, 5.74) is 3.34. The van der Waals surface area contributed by atoms with Gasteiger partial charge in [0.1, 0.15) is 17.3 Å². The molecular formula is C23H26FN3O2. The van der Waals surface area contributed by atoms with Gasteiger partial charge >= 0.3 is 0 Å². The summed E-state index contributed by atoms with van der Waals surface area (Å²) in [4.78, 5) is 2.40. The van der Waals surface area contributed by atoms with E-state index in [1.165, 1.54) is 12.1 Å². The summed E-state index contributed by atoms with van der Waals surface area (Å²) in [5.74, 6) is 1.83. The molecule has 1 fully saturated rings. The van der Waals surface area contributed by atoms with Gasteiger partial charge in [-0.3, -0.25) is 10.00 Å². The molecule has 4 rings (SSSR count). The minimum atomic E-state index is -0.188. The second-order valence-corrected chi connectivity index (χ2v) is 7.44. The molecule has 0 radical (unpaired) electrons. The van der Waals surface area contributed by atoms with Crippen molar-refractivity contribution in [3.63, 3.8) is 0 Å². The van der Waals surface area contributed by atoms with Gasteiger partial charge in [0.25, 0.3) is 0 Å². The molecule has 5 nitrogen and oxygen atoms in total. The summed E-state index contributed by atoms with van der Waals surface area (Å²) < 4.78 is 24.1. The van der Waals surface area contributed by atoms with Gasteiger partial charge in [-0.15, -0.1) is 0 Å². The normalized spacial score (nSPS) is 16.8. The summed E-state index contributed by atoms with van der Waals surface area (Å²) in [5, 5.41) is 7.67. The van der Waals surface area contributed by atoms with E-state index in [1.54, 1.807) is 7.11 Å². The van der Waals surface area contributed by atoms with Crippen LogP contribution in [0.15, 0.2) is 54.6 Å². The molecule has 1 atom stereocenters. The van der Waals surface area contributed by atoms with Gasteiger partial charge < -0.3 is 9.47 Å². The Labute approximate surface area is 170 Å². The van der Waals surface area contributed by atoms with Crippen LogP contribution in [0, 0.1) is 5.82 Å². The van der Waals surface area contributed by atoms with Gasteiger partial charge in [-0.2, -0.15) is 5.10 Å². The van der Waals surface area contributed by atoms with Crippen molar-refractivity contribution in [1.29, 1.82) is 0 Å². The van der Waals surface area contributed by atoms with E-state index in [0.717, 1.165) is 60.9 Å². The number of hydrogen-bond acceptors (Lipinski definition) is 4. The average molecular weight is 395 g/mol. The second-order valence-electron chi connectivity index (χ2n) is 7.44. The first-order chi connectivity index (χ1) is 14.2. The van der Waals surface area contributed by atoms with E-state index in [4.69, 9.17) is 9.47 Å². The lowest BCUT2D eigenvalue weighted by Crippen LogP contribution is -2.19. The molecule has 1 aliphatic rings. The second kappa shape index (κ2) is 9.09. The molecule has 6 heteroatoms. The van der Waals surface area contributed by atoms with E-state index in [2.05, 4.69) is 21.2 Å². The van der Waals surface area contributed by atoms with Gasteiger partial charge in [-0.1, -0.05) is 18.2 Å². The molecule has 0 saturated carbocycles. The van der Waals surface area contributed by atoms with Crippen LogP contribution in [0.1, 0.15) is 29.3 Å². The van der Waals surface area contributed by atoms with Crippen LogP contribution in [0.3, 0.4) is 0 Å². The van der Waals surface area contributed by atoms with Crippen LogP contribution in [0.5, 0.6) is 11.5 Å². The van der Waals surface area contributed by atoms with Crippen molar-refractivity contribution in [3.05, 3.63) is 77.4 Å². The molecule has 2 aromatic carbocycles. The smallest absolute Gasteiger partial charge is 0.123 e. The highest BCUT2D eigenvalue weighted by Crippen LogP contribution is 2.27. The molecule has 1 N–H and O–H groups in total. The lowest BCUT2D eigenvalue weighted by atomic mass is 10.0. The van der Waals surface area contributed by atoms with Crippen molar-refractivity contribution in [2.45, 2.75) is 25.3 Å². The third kappa shape index (κ3) is 5.15. The first kappa shape index (κ1) is 19.5. The predicted molar refractivity (Wildman–Crippen MR) is 110 cm³/mol. The van der Waals surface area contributed by atoms with Crippen LogP contribution < -0.4 is 9.47 Å². The number of aromatic nitrogens is 2. The molecule has 0 aliphatic carbocycles. The van der Waals surface area contributed by atoms with E-state index >= 15 is 0 Å². The zero-order chi connectivity index (χ0) is 20.1. The third-order valence-electron chi connectivity index (χ3n) is 5.34. The maximum absolute atomic E-state index is 13.1. The number of H-pyrrole nitrogens is 1. The van der Waals surface area contributed by atoms with Gasteiger partial charge in [0.05, 0.1) is 19.4 Å². The molecule has 0 bridgehead atoms. The Morgan fingerprint density at radius 1 is 1.14 bits per heavy atom. The number of likely N-dealkylation sites (tertiary alicyclic amines) is 1. The minimum Gasteiger partial charge on any atom is -0.497 e. The Morgan fingerprint density at radius 3 is 2.79 bits per heavy atom. The Bertz CT molecular complexity index is 926. The fraction of sp³-hybridized carbons (Fsp3) is 0.348. The lowest BCUT2D eigenvalue weighted by molar-refractivity contribution is 0.317. The van der Waals surface area contributed by atoms with Gasteiger partial charge in [-0.05, 0) is 48.9 Å². The largest absolute Gasteiger partial charge is 0.497 e. The van der Waals surface area contributed by atoms with Crippen molar-refractivity contribution < 1.29 is 13.9 Å². The number of rotatable bonds is 8. The summed E-state index contributed by atoms with van der Waals surface area (Å²) in [6.07, 6.45) is 1.86. The maximum Gasteiger partial charge on any atom is 0.123 e. The Morgan fingerprint density at radius 2 is 1.97 bits per heavy atom. The molecule has 3 aromatic rings. The average Bonchev–Trinajstić information content (AvgIpc) is 3.39. The Balaban J connectivity index is 1.26. The third-order valence-corrected chi connectivity index (χ3v) is 5.34. The lowest BCUT2D eigenvalue weighted by Gasteiger charge is -2.15. The first-order valence-electron chi connectivity index (χ1n) is 9.97. The molecule has 1 aliphatic heterocycles. The number of ether oxygens (including phenoxy) is 2. The van der Waals surface area contributed by atoms with E-state index < -0.39 is 0 Å². The molecule has 1 aromatic heterocycles. The summed E-state index contributed by atoms with van der Waals surface area (Å²) in [7, 11) is 1.65. The SMILES string of the molecule is COc1cccc(OCCc2cc(C3CCN(Cc4ccc(F)cc4)C3)n[nH]2)c1. The highest BCUT2D eigenvalue weighted by Gasteiger charge is 2.25. The number of nitrogens with one attached hydrogen (secondary N) is 1. The van der Waals surface area contributed by atoms with Gasteiger partial charge in [-0.25, -0.2) is 4.39 Å². The number of methoxy groups -OCH3 is 1. The topological polar surface area (TPSA) is 50.4 Å². The van der Waals surface area contributed by atoms with Crippen LogP contribution in [0.2, 0.25) is 0 Å². The van der Waals surface area contributed by atoms with E-state index in [9.17, 15) is 4.39 Å².